The molecule has 7 nitrogen and oxygen atoms in total. The van der Waals surface area contributed by atoms with E-state index in [1.165, 1.54) is 4.90 Å². The third-order valence-electron chi connectivity index (χ3n) is 4.55. The van der Waals surface area contributed by atoms with Gasteiger partial charge in [0.05, 0.1) is 20.3 Å². The fourth-order valence-electron chi connectivity index (χ4n) is 3.01. The zero-order valence-electron chi connectivity index (χ0n) is 15.9. The maximum atomic E-state index is 12.4. The van der Waals surface area contributed by atoms with Gasteiger partial charge in [-0.1, -0.05) is 30.3 Å². The van der Waals surface area contributed by atoms with Gasteiger partial charge in [-0.05, 0) is 29.8 Å². The van der Waals surface area contributed by atoms with Gasteiger partial charge in [0.1, 0.15) is 24.7 Å². The van der Waals surface area contributed by atoms with Crippen molar-refractivity contribution in [3.63, 3.8) is 0 Å². The Morgan fingerprint density at radius 3 is 2.57 bits per heavy atom. The van der Waals surface area contributed by atoms with Gasteiger partial charge < -0.3 is 19.7 Å². The van der Waals surface area contributed by atoms with Crippen LogP contribution in [-0.4, -0.2) is 50.2 Å². The largest absolute Gasteiger partial charge is 0.497 e. The Kier molecular flexibility index (Phi) is 6.86. The second kappa shape index (κ2) is 9.75. The molecule has 0 radical (unpaired) electrons. The number of carbonyl (C=O) groups excluding carboxylic acids is 2. The highest BCUT2D eigenvalue weighted by atomic mass is 16.5. The van der Waals surface area contributed by atoms with Crippen molar-refractivity contribution in [1.29, 1.82) is 0 Å². The molecule has 1 saturated heterocycles. The number of hydrogen-bond donors (Lipinski definition) is 2. The first-order valence-electron chi connectivity index (χ1n) is 9.25. The molecule has 0 aromatic heterocycles. The van der Waals surface area contributed by atoms with Gasteiger partial charge in [-0.25, -0.2) is 0 Å². The molecule has 0 bridgehead atoms. The number of methoxy groups -OCH3 is 1. The van der Waals surface area contributed by atoms with Crippen LogP contribution in [-0.2, 0) is 9.59 Å². The van der Waals surface area contributed by atoms with E-state index in [2.05, 4.69) is 10.6 Å². The number of nitrogens with zero attached hydrogens (tertiary/aromatic N) is 1. The molecule has 2 aromatic rings. The van der Waals surface area contributed by atoms with Crippen molar-refractivity contribution in [3.05, 3.63) is 60.2 Å². The fourth-order valence-corrected chi connectivity index (χ4v) is 3.01. The molecule has 1 aliphatic heterocycles. The number of para-hydroxylation sites is 1. The number of amides is 2. The lowest BCUT2D eigenvalue weighted by atomic mass is 10.0. The number of rotatable bonds is 8. The number of ether oxygens (including phenoxy) is 2. The van der Waals surface area contributed by atoms with Crippen LogP contribution in [0.15, 0.2) is 54.6 Å². The summed E-state index contributed by atoms with van der Waals surface area (Å²) in [6, 6.07) is 17.0. The van der Waals surface area contributed by atoms with Crippen LogP contribution in [0.3, 0.4) is 0 Å². The first-order valence-corrected chi connectivity index (χ1v) is 9.25. The second-order valence-corrected chi connectivity index (χ2v) is 6.50. The zero-order chi connectivity index (χ0) is 19.8. The highest BCUT2D eigenvalue weighted by Crippen LogP contribution is 2.23. The third-order valence-corrected chi connectivity index (χ3v) is 4.55. The summed E-state index contributed by atoms with van der Waals surface area (Å²) in [6.07, 6.45) is 0.316. The minimum absolute atomic E-state index is 0.0342. The molecule has 1 unspecified atom stereocenters. The van der Waals surface area contributed by atoms with E-state index in [0.717, 1.165) is 17.1 Å². The Balaban J connectivity index is 1.39. The molecule has 1 heterocycles. The molecule has 0 aliphatic carbocycles. The molecule has 7 heteroatoms. The Morgan fingerprint density at radius 2 is 1.89 bits per heavy atom. The number of carbonyl (C=O) groups is 2. The summed E-state index contributed by atoms with van der Waals surface area (Å²) in [7, 11) is 1.62. The monoisotopic (exact) mass is 383 g/mol. The van der Waals surface area contributed by atoms with Crippen LogP contribution < -0.4 is 20.1 Å². The first kappa shape index (κ1) is 19.7. The maximum absolute atomic E-state index is 12.4. The van der Waals surface area contributed by atoms with Crippen LogP contribution in [0.5, 0.6) is 11.5 Å². The van der Waals surface area contributed by atoms with Gasteiger partial charge >= 0.3 is 0 Å². The molecule has 28 heavy (non-hydrogen) atoms. The molecule has 2 N–H and O–H groups in total. The summed E-state index contributed by atoms with van der Waals surface area (Å²) in [5.74, 6) is 1.29. The average Bonchev–Trinajstić information content (AvgIpc) is 2.73. The van der Waals surface area contributed by atoms with Crippen molar-refractivity contribution < 1.29 is 19.1 Å². The van der Waals surface area contributed by atoms with E-state index >= 15 is 0 Å². The zero-order valence-corrected chi connectivity index (χ0v) is 15.9. The normalized spacial score (nSPS) is 16.5. The van der Waals surface area contributed by atoms with E-state index in [-0.39, 0.29) is 24.4 Å². The standard InChI is InChI=1S/C21H25N3O4/c1-27-17-9-7-16(8-10-17)19-13-21(26)24(15-23-19)14-20(25)22-11-12-28-18-5-3-2-4-6-18/h2-10,19,23H,11-15H2,1H3,(H,22,25). The van der Waals surface area contributed by atoms with Gasteiger partial charge in [0.25, 0.3) is 0 Å². The van der Waals surface area contributed by atoms with Crippen molar-refractivity contribution in [2.75, 3.05) is 33.5 Å². The van der Waals surface area contributed by atoms with E-state index in [1.54, 1.807) is 7.11 Å². The molecule has 0 spiro atoms. The molecule has 2 amide bonds. The number of hydrogen-bond acceptors (Lipinski definition) is 5. The SMILES string of the molecule is COc1ccc(C2CC(=O)N(CC(=O)NCCOc3ccccc3)CN2)cc1. The third kappa shape index (κ3) is 5.47. The minimum Gasteiger partial charge on any atom is -0.497 e. The lowest BCUT2D eigenvalue weighted by molar-refractivity contribution is -0.139. The van der Waals surface area contributed by atoms with E-state index in [9.17, 15) is 9.59 Å². The van der Waals surface area contributed by atoms with Gasteiger partial charge in [0, 0.05) is 12.5 Å². The first-order chi connectivity index (χ1) is 13.7. The molecular weight excluding hydrogens is 358 g/mol. The smallest absolute Gasteiger partial charge is 0.239 e. The van der Waals surface area contributed by atoms with E-state index in [4.69, 9.17) is 9.47 Å². The Hall–Kier alpha value is -3.06. The predicted octanol–water partition coefficient (Wildman–Crippen LogP) is 1.71. The predicted molar refractivity (Wildman–Crippen MR) is 105 cm³/mol. The van der Waals surface area contributed by atoms with Crippen molar-refractivity contribution in [2.24, 2.45) is 0 Å². The van der Waals surface area contributed by atoms with Crippen molar-refractivity contribution in [2.45, 2.75) is 12.5 Å². The molecule has 3 rings (SSSR count). The molecular formula is C21H25N3O4. The van der Waals surface area contributed by atoms with Gasteiger partial charge in [-0.3, -0.25) is 14.9 Å². The number of nitrogens with one attached hydrogen (secondary N) is 2. The topological polar surface area (TPSA) is 79.9 Å². The highest BCUT2D eigenvalue weighted by Gasteiger charge is 2.27. The fraction of sp³-hybridized carbons (Fsp3) is 0.333. The second-order valence-electron chi connectivity index (χ2n) is 6.50. The summed E-state index contributed by atoms with van der Waals surface area (Å²) in [6.45, 7) is 1.13. The van der Waals surface area contributed by atoms with Crippen molar-refractivity contribution in [3.8, 4) is 11.5 Å². The highest BCUT2D eigenvalue weighted by molar-refractivity contribution is 5.85. The van der Waals surface area contributed by atoms with Gasteiger partial charge in [-0.2, -0.15) is 0 Å². The van der Waals surface area contributed by atoms with Gasteiger partial charge in [0.15, 0.2) is 0 Å². The van der Waals surface area contributed by atoms with Crippen LogP contribution in [0.25, 0.3) is 0 Å². The van der Waals surface area contributed by atoms with Crippen molar-refractivity contribution >= 4 is 11.8 Å². The van der Waals surface area contributed by atoms with Crippen LogP contribution in [0.4, 0.5) is 0 Å². The summed E-state index contributed by atoms with van der Waals surface area (Å²) >= 11 is 0. The van der Waals surface area contributed by atoms with Gasteiger partial charge in [-0.15, -0.1) is 0 Å². The molecule has 148 valence electrons. The van der Waals surface area contributed by atoms with E-state index in [1.807, 2.05) is 54.6 Å². The van der Waals surface area contributed by atoms with Gasteiger partial charge in [0.2, 0.25) is 11.8 Å². The van der Waals surface area contributed by atoms with Crippen LogP contribution in [0.1, 0.15) is 18.0 Å². The molecule has 1 fully saturated rings. The van der Waals surface area contributed by atoms with Crippen LogP contribution in [0.2, 0.25) is 0 Å². The molecule has 1 atom stereocenters. The maximum Gasteiger partial charge on any atom is 0.239 e. The Morgan fingerprint density at radius 1 is 1.14 bits per heavy atom. The van der Waals surface area contributed by atoms with Crippen LogP contribution >= 0.6 is 0 Å². The Bertz CT molecular complexity index is 780. The summed E-state index contributed by atoms with van der Waals surface area (Å²) in [4.78, 5) is 26.0. The molecule has 2 aromatic carbocycles. The molecule has 0 saturated carbocycles. The van der Waals surface area contributed by atoms with Crippen LogP contribution in [0, 0.1) is 0 Å². The van der Waals surface area contributed by atoms with E-state index in [0.29, 0.717) is 26.2 Å². The Labute approximate surface area is 164 Å². The molecule has 1 aliphatic rings. The average molecular weight is 383 g/mol. The summed E-state index contributed by atoms with van der Waals surface area (Å²) < 4.78 is 10.7. The summed E-state index contributed by atoms with van der Waals surface area (Å²) in [5.41, 5.74) is 1.02. The quantitative estimate of drug-likeness (QED) is 0.679. The lowest BCUT2D eigenvalue weighted by Gasteiger charge is -2.32. The minimum atomic E-state index is -0.199. The lowest BCUT2D eigenvalue weighted by Crippen LogP contribution is -2.50. The number of benzene rings is 2. The van der Waals surface area contributed by atoms with Crippen molar-refractivity contribution in [1.82, 2.24) is 15.5 Å². The van der Waals surface area contributed by atoms with E-state index < -0.39 is 0 Å². The summed E-state index contributed by atoms with van der Waals surface area (Å²) in [5, 5.41) is 6.08.